The minimum Gasteiger partial charge on any atom is -0.477 e. The van der Waals surface area contributed by atoms with Crippen molar-refractivity contribution in [2.24, 2.45) is 11.3 Å². The van der Waals surface area contributed by atoms with Crippen LogP contribution in [0.1, 0.15) is 24.3 Å². The molecule has 188 valence electrons. The second kappa shape index (κ2) is 8.32. The van der Waals surface area contributed by atoms with Crippen molar-refractivity contribution < 1.29 is 28.9 Å². The molecule has 36 heavy (non-hydrogen) atoms. The van der Waals surface area contributed by atoms with E-state index >= 15 is 0 Å². The Morgan fingerprint density at radius 3 is 2.58 bits per heavy atom. The highest BCUT2D eigenvalue weighted by Crippen LogP contribution is 2.59. The largest absolute Gasteiger partial charge is 0.477 e. The minimum absolute atomic E-state index is 0.0689. The SMILES string of the molecule is C[C@@H](O)[C@H]1C(=O)N2C(C(=O)O)=C(c3cn4cnc(S(C)=O)c4s3)[C@](C)(Cc3ccc([N+](=O)[O-])cc3)[C@@H]12. The number of amides is 1. The Kier molecular flexibility index (Phi) is 5.61. The van der Waals surface area contributed by atoms with Crippen LogP contribution in [0.2, 0.25) is 0 Å². The zero-order chi connectivity index (χ0) is 26.1. The third kappa shape index (κ3) is 3.41. The van der Waals surface area contributed by atoms with Crippen LogP contribution in [0.15, 0.2) is 47.5 Å². The monoisotopic (exact) mass is 530 g/mol. The third-order valence-corrected chi connectivity index (χ3v) is 9.08. The number of nitro groups is 1. The molecule has 0 saturated carbocycles. The maximum atomic E-state index is 13.0. The van der Waals surface area contributed by atoms with Crippen molar-refractivity contribution in [3.63, 3.8) is 0 Å². The van der Waals surface area contributed by atoms with Gasteiger partial charge in [-0.25, -0.2) is 9.78 Å². The number of aromatic nitrogens is 2. The van der Waals surface area contributed by atoms with Crippen molar-refractivity contribution in [1.29, 1.82) is 0 Å². The quantitative estimate of drug-likeness (QED) is 0.268. The molecule has 11 nitrogen and oxygen atoms in total. The molecule has 1 aromatic carbocycles. The number of non-ortho nitro benzene ring substituents is 1. The predicted molar refractivity (Wildman–Crippen MR) is 131 cm³/mol. The summed E-state index contributed by atoms with van der Waals surface area (Å²) in [5.41, 5.74) is -0.0163. The second-order valence-electron chi connectivity index (χ2n) is 9.28. The van der Waals surface area contributed by atoms with E-state index in [0.717, 1.165) is 5.56 Å². The Labute approximate surface area is 211 Å². The highest BCUT2D eigenvalue weighted by molar-refractivity contribution is 7.84. The molecule has 1 saturated heterocycles. The highest BCUT2D eigenvalue weighted by Gasteiger charge is 2.66. The molecule has 5 atom stereocenters. The molecule has 1 amide bonds. The standard InChI is InChI=1S/C23H22N4O7S2/c1-11(28)15-18-23(2,8-12-4-6-13(7-5-12)27(32)33)16(17(22(30)31)26(18)20(15)29)14-9-25-10-24-19(36(3)34)21(25)35-14/h4-7,9-11,15,18,28H,8H2,1-3H3,(H,30,31)/t11-,15-,18-,23+,36?/m1/s1. The number of imidazole rings is 1. The molecule has 0 aliphatic carbocycles. The minimum atomic E-state index is -1.36. The summed E-state index contributed by atoms with van der Waals surface area (Å²) in [7, 11) is -1.36. The molecule has 2 N–H and O–H groups in total. The Morgan fingerprint density at radius 1 is 1.36 bits per heavy atom. The number of carboxylic acids is 1. The molecular weight excluding hydrogens is 508 g/mol. The van der Waals surface area contributed by atoms with Gasteiger partial charge in [-0.2, -0.15) is 0 Å². The molecule has 1 fully saturated rings. The first-order valence-corrected chi connectivity index (χ1v) is 13.4. The van der Waals surface area contributed by atoms with E-state index in [1.165, 1.54) is 47.9 Å². The normalized spacial score (nSPS) is 25.1. The van der Waals surface area contributed by atoms with E-state index in [1.54, 1.807) is 22.7 Å². The summed E-state index contributed by atoms with van der Waals surface area (Å²) < 4.78 is 13.8. The van der Waals surface area contributed by atoms with E-state index in [1.807, 2.05) is 6.92 Å². The molecule has 5 rings (SSSR count). The van der Waals surface area contributed by atoms with Gasteiger partial charge in [0.2, 0.25) is 5.91 Å². The summed E-state index contributed by atoms with van der Waals surface area (Å²) in [6.07, 6.45) is 4.00. The van der Waals surface area contributed by atoms with Crippen LogP contribution in [0.3, 0.4) is 0 Å². The number of rotatable bonds is 7. The van der Waals surface area contributed by atoms with Crippen molar-refractivity contribution in [1.82, 2.24) is 14.3 Å². The number of carboxylic acid groups (broad SMARTS) is 1. The summed E-state index contributed by atoms with van der Waals surface area (Å²) in [5, 5.41) is 32.1. The number of carbonyl (C=O) groups excluding carboxylic acids is 1. The number of fused-ring (bicyclic) bond motifs is 2. The molecule has 2 aliphatic rings. The summed E-state index contributed by atoms with van der Waals surface area (Å²) in [6, 6.07) is 5.37. The molecule has 2 aromatic heterocycles. The predicted octanol–water partition coefficient (Wildman–Crippen LogP) is 2.31. The topological polar surface area (TPSA) is 155 Å². The molecular formula is C23H22N4O7S2. The lowest BCUT2D eigenvalue weighted by atomic mass is 9.64. The molecule has 0 spiro atoms. The lowest BCUT2D eigenvalue weighted by Crippen LogP contribution is -2.66. The van der Waals surface area contributed by atoms with Crippen molar-refractivity contribution in [3.8, 4) is 0 Å². The van der Waals surface area contributed by atoms with E-state index in [2.05, 4.69) is 4.98 Å². The third-order valence-electron chi connectivity index (χ3n) is 6.98. The van der Waals surface area contributed by atoms with Crippen molar-refractivity contribution in [2.45, 2.75) is 37.4 Å². The van der Waals surface area contributed by atoms with Crippen molar-refractivity contribution >= 4 is 50.1 Å². The smallest absolute Gasteiger partial charge is 0.352 e. The summed E-state index contributed by atoms with van der Waals surface area (Å²) in [6.45, 7) is 3.36. The lowest BCUT2D eigenvalue weighted by Gasteiger charge is -2.51. The van der Waals surface area contributed by atoms with Crippen LogP contribution in [0.5, 0.6) is 0 Å². The molecule has 4 heterocycles. The van der Waals surface area contributed by atoms with Crippen LogP contribution in [0.4, 0.5) is 5.69 Å². The van der Waals surface area contributed by atoms with Crippen molar-refractivity contribution in [3.05, 3.63) is 63.0 Å². The lowest BCUT2D eigenvalue weighted by molar-refractivity contribution is -0.384. The van der Waals surface area contributed by atoms with Crippen LogP contribution in [-0.2, 0) is 26.8 Å². The molecule has 1 unspecified atom stereocenters. The Bertz CT molecular complexity index is 1490. The molecule has 0 radical (unpaired) electrons. The maximum absolute atomic E-state index is 13.0. The average Bonchev–Trinajstić information content (AvgIpc) is 3.42. The number of nitrogens with zero attached hydrogens (tertiary/aromatic N) is 4. The van der Waals surface area contributed by atoms with Gasteiger partial charge >= 0.3 is 5.97 Å². The fraction of sp³-hybridized carbons (Fsp3) is 0.348. The van der Waals surface area contributed by atoms with Gasteiger partial charge in [0.05, 0.1) is 38.7 Å². The number of hydrogen-bond acceptors (Lipinski definition) is 8. The molecule has 13 heteroatoms. The van der Waals surface area contributed by atoms with Crippen LogP contribution in [0, 0.1) is 21.4 Å². The van der Waals surface area contributed by atoms with Gasteiger partial charge in [0, 0.05) is 35.6 Å². The second-order valence-corrected chi connectivity index (χ2v) is 11.6. The van der Waals surface area contributed by atoms with Crippen LogP contribution < -0.4 is 0 Å². The van der Waals surface area contributed by atoms with E-state index in [4.69, 9.17) is 0 Å². The van der Waals surface area contributed by atoms with Crippen molar-refractivity contribution in [2.75, 3.05) is 6.26 Å². The number of aliphatic hydroxyl groups is 1. The van der Waals surface area contributed by atoms with E-state index in [9.17, 15) is 34.1 Å². The van der Waals surface area contributed by atoms with Crippen LogP contribution in [-0.4, -0.2) is 63.9 Å². The Hall–Kier alpha value is -3.42. The summed E-state index contributed by atoms with van der Waals surface area (Å²) >= 11 is 1.24. The number of thiazole rings is 1. The van der Waals surface area contributed by atoms with Gasteiger partial charge < -0.3 is 15.1 Å². The first-order valence-electron chi connectivity index (χ1n) is 11.0. The fourth-order valence-electron chi connectivity index (χ4n) is 5.50. The molecule has 2 aliphatic heterocycles. The Morgan fingerprint density at radius 2 is 2.03 bits per heavy atom. The maximum Gasteiger partial charge on any atom is 0.352 e. The number of benzene rings is 1. The first-order chi connectivity index (χ1) is 17.0. The number of hydrogen-bond donors (Lipinski definition) is 2. The van der Waals surface area contributed by atoms with E-state index in [0.29, 0.717) is 20.3 Å². The number of nitro benzene ring substituents is 1. The zero-order valence-corrected chi connectivity index (χ0v) is 21.1. The summed E-state index contributed by atoms with van der Waals surface area (Å²) in [5.74, 6) is -2.53. The number of aliphatic hydroxyl groups excluding tert-OH is 1. The fourth-order valence-corrected chi connectivity index (χ4v) is 7.68. The van der Waals surface area contributed by atoms with Gasteiger partial charge in [-0.1, -0.05) is 19.1 Å². The van der Waals surface area contributed by atoms with Crippen LogP contribution >= 0.6 is 11.3 Å². The zero-order valence-electron chi connectivity index (χ0n) is 19.4. The van der Waals surface area contributed by atoms with E-state index < -0.39 is 51.1 Å². The molecule has 0 bridgehead atoms. The average molecular weight is 531 g/mol. The number of β-lactam (4-membered cyclic amide) rings is 1. The van der Waals surface area contributed by atoms with Gasteiger partial charge in [0.25, 0.3) is 5.69 Å². The summed E-state index contributed by atoms with van der Waals surface area (Å²) in [4.78, 5) is 42.8. The van der Waals surface area contributed by atoms with Crippen LogP contribution in [0.25, 0.3) is 10.4 Å². The number of aliphatic carboxylic acids is 1. The van der Waals surface area contributed by atoms with E-state index in [-0.39, 0.29) is 17.8 Å². The highest BCUT2D eigenvalue weighted by atomic mass is 32.2. The molecule has 3 aromatic rings. The van der Waals surface area contributed by atoms with Gasteiger partial charge in [-0.3, -0.25) is 23.5 Å². The Balaban J connectivity index is 1.70. The number of carbonyl (C=O) groups is 2. The van der Waals surface area contributed by atoms with Gasteiger partial charge in [-0.15, -0.1) is 11.3 Å². The van der Waals surface area contributed by atoms with Gasteiger partial charge in [-0.05, 0) is 18.9 Å². The van der Waals surface area contributed by atoms with Gasteiger partial charge in [0.1, 0.15) is 16.9 Å². The van der Waals surface area contributed by atoms with Gasteiger partial charge in [0.15, 0.2) is 5.03 Å². The first kappa shape index (κ1) is 24.3.